The molecule has 108 valence electrons. The van der Waals surface area contributed by atoms with E-state index in [0.717, 1.165) is 28.4 Å². The van der Waals surface area contributed by atoms with Crippen LogP contribution in [0.15, 0.2) is 78.2 Å². The summed E-state index contributed by atoms with van der Waals surface area (Å²) in [4.78, 5) is 13.1. The molecule has 2 aromatic carbocycles. The van der Waals surface area contributed by atoms with E-state index in [4.69, 9.17) is 9.73 Å². The van der Waals surface area contributed by atoms with Crippen molar-refractivity contribution in [2.45, 2.75) is 0 Å². The summed E-state index contributed by atoms with van der Waals surface area (Å²) in [5, 5.41) is 0. The first-order chi connectivity index (χ1) is 10.9. The van der Waals surface area contributed by atoms with E-state index in [1.54, 1.807) is 13.3 Å². The molecule has 3 rings (SSSR count). The molecule has 0 spiro atoms. The van der Waals surface area contributed by atoms with Gasteiger partial charge in [-0.15, -0.1) is 0 Å². The van der Waals surface area contributed by atoms with Gasteiger partial charge in [0.15, 0.2) is 0 Å². The Balaban J connectivity index is 2.16. The Morgan fingerprint density at radius 1 is 0.955 bits per heavy atom. The molecule has 0 N–H and O–H groups in total. The van der Waals surface area contributed by atoms with Gasteiger partial charge >= 0.3 is 0 Å². The van der Waals surface area contributed by atoms with Gasteiger partial charge in [0.05, 0.1) is 18.5 Å². The van der Waals surface area contributed by atoms with Gasteiger partial charge in [0, 0.05) is 11.8 Å². The van der Waals surface area contributed by atoms with Crippen molar-refractivity contribution >= 4 is 11.4 Å². The van der Waals surface area contributed by atoms with Crippen molar-refractivity contribution in [2.75, 3.05) is 7.11 Å². The predicted molar refractivity (Wildman–Crippen MR) is 86.8 cm³/mol. The molecule has 0 aliphatic rings. The molecule has 0 amide bonds. The van der Waals surface area contributed by atoms with Gasteiger partial charge in [-0.05, 0) is 18.2 Å². The number of rotatable bonds is 4. The van der Waals surface area contributed by atoms with Crippen LogP contribution in [0.4, 0.5) is 5.69 Å². The van der Waals surface area contributed by atoms with Gasteiger partial charge in [-0.3, -0.25) is 0 Å². The minimum absolute atomic E-state index is 0.727. The van der Waals surface area contributed by atoms with E-state index in [9.17, 15) is 0 Å². The first kappa shape index (κ1) is 13.9. The average Bonchev–Trinajstić information content (AvgIpc) is 2.61. The third-order valence-corrected chi connectivity index (χ3v) is 3.19. The van der Waals surface area contributed by atoms with E-state index in [1.165, 1.54) is 6.33 Å². The van der Waals surface area contributed by atoms with Crippen molar-refractivity contribution in [2.24, 2.45) is 4.99 Å². The van der Waals surface area contributed by atoms with Crippen LogP contribution in [-0.2, 0) is 0 Å². The van der Waals surface area contributed by atoms with Crippen LogP contribution in [0.25, 0.3) is 0 Å². The van der Waals surface area contributed by atoms with Gasteiger partial charge in [-0.2, -0.15) is 0 Å². The fourth-order valence-corrected chi connectivity index (χ4v) is 2.14. The van der Waals surface area contributed by atoms with Crippen molar-refractivity contribution < 1.29 is 4.74 Å². The van der Waals surface area contributed by atoms with Crippen LogP contribution < -0.4 is 4.74 Å². The second-order valence-corrected chi connectivity index (χ2v) is 4.59. The van der Waals surface area contributed by atoms with Crippen molar-refractivity contribution in [1.29, 1.82) is 0 Å². The summed E-state index contributed by atoms with van der Waals surface area (Å²) >= 11 is 0. The van der Waals surface area contributed by atoms with Crippen LogP contribution >= 0.6 is 0 Å². The number of para-hydroxylation sites is 2. The van der Waals surface area contributed by atoms with E-state index in [1.807, 2.05) is 60.7 Å². The summed E-state index contributed by atoms with van der Waals surface area (Å²) in [6.45, 7) is 0. The number of aliphatic imine (C=N–C) groups is 1. The molecule has 4 nitrogen and oxygen atoms in total. The Hall–Kier alpha value is -3.01. The minimum atomic E-state index is 0.727. The number of aromatic nitrogens is 2. The van der Waals surface area contributed by atoms with Gasteiger partial charge in [0.2, 0.25) is 0 Å². The van der Waals surface area contributed by atoms with Crippen LogP contribution in [0.1, 0.15) is 11.3 Å². The van der Waals surface area contributed by atoms with Crippen molar-refractivity contribution in [3.05, 3.63) is 84.4 Å². The normalized spacial score (nSPS) is 11.2. The molecule has 0 unspecified atom stereocenters. The van der Waals surface area contributed by atoms with Gasteiger partial charge in [0.1, 0.15) is 17.8 Å². The monoisotopic (exact) mass is 289 g/mol. The Labute approximate surface area is 129 Å². The molecule has 0 saturated heterocycles. The lowest BCUT2D eigenvalue weighted by Crippen LogP contribution is -2.05. The highest BCUT2D eigenvalue weighted by molar-refractivity contribution is 6.12. The number of hydrogen-bond acceptors (Lipinski definition) is 4. The topological polar surface area (TPSA) is 47.4 Å². The van der Waals surface area contributed by atoms with Crippen molar-refractivity contribution in [3.63, 3.8) is 0 Å². The van der Waals surface area contributed by atoms with Gasteiger partial charge in [0.25, 0.3) is 0 Å². The largest absolute Gasteiger partial charge is 0.494 e. The minimum Gasteiger partial charge on any atom is -0.494 e. The SMILES string of the molecule is COc1ccccc1N=C(c1ccccc1)c1ccncn1. The predicted octanol–water partition coefficient (Wildman–Crippen LogP) is 3.65. The molecule has 1 aromatic heterocycles. The molecule has 22 heavy (non-hydrogen) atoms. The third-order valence-electron chi connectivity index (χ3n) is 3.19. The summed E-state index contributed by atoms with van der Waals surface area (Å²) in [7, 11) is 1.64. The lowest BCUT2D eigenvalue weighted by Gasteiger charge is -2.08. The second kappa shape index (κ2) is 6.63. The average molecular weight is 289 g/mol. The highest BCUT2D eigenvalue weighted by atomic mass is 16.5. The van der Waals surface area contributed by atoms with Gasteiger partial charge in [-0.25, -0.2) is 15.0 Å². The maximum atomic E-state index is 5.38. The molecule has 0 saturated carbocycles. The zero-order valence-corrected chi connectivity index (χ0v) is 12.2. The molecule has 1 heterocycles. The molecule has 3 aromatic rings. The summed E-state index contributed by atoms with van der Waals surface area (Å²) in [6, 6.07) is 19.5. The second-order valence-electron chi connectivity index (χ2n) is 4.59. The standard InChI is InChI=1S/C18H15N3O/c1-22-17-10-6-5-9-15(17)21-18(14-7-3-2-4-8-14)16-11-12-19-13-20-16/h2-13H,1H3. The van der Waals surface area contributed by atoms with Crippen LogP contribution in [0.2, 0.25) is 0 Å². The number of hydrogen-bond donors (Lipinski definition) is 0. The zero-order valence-electron chi connectivity index (χ0n) is 12.2. The summed E-state index contributed by atoms with van der Waals surface area (Å²) in [5.74, 6) is 0.727. The number of benzene rings is 2. The maximum Gasteiger partial charge on any atom is 0.144 e. The smallest absolute Gasteiger partial charge is 0.144 e. The van der Waals surface area contributed by atoms with Crippen LogP contribution in [0, 0.1) is 0 Å². The summed E-state index contributed by atoms with van der Waals surface area (Å²) in [5.41, 5.74) is 3.31. The molecule has 0 bridgehead atoms. The molecular weight excluding hydrogens is 274 g/mol. The summed E-state index contributed by atoms with van der Waals surface area (Å²) in [6.07, 6.45) is 3.24. The van der Waals surface area contributed by atoms with Crippen LogP contribution in [0.3, 0.4) is 0 Å². The fourth-order valence-electron chi connectivity index (χ4n) is 2.14. The van der Waals surface area contributed by atoms with Crippen LogP contribution in [0.5, 0.6) is 5.75 Å². The molecule has 4 heteroatoms. The van der Waals surface area contributed by atoms with E-state index in [-0.39, 0.29) is 0 Å². The molecule has 0 aliphatic heterocycles. The quantitative estimate of drug-likeness (QED) is 0.689. The number of ether oxygens (including phenoxy) is 1. The fraction of sp³-hybridized carbons (Fsp3) is 0.0556. The highest BCUT2D eigenvalue weighted by Gasteiger charge is 2.10. The maximum absolute atomic E-state index is 5.38. The Morgan fingerprint density at radius 2 is 1.73 bits per heavy atom. The molecule has 0 atom stereocenters. The van der Waals surface area contributed by atoms with Gasteiger partial charge in [-0.1, -0.05) is 42.5 Å². The first-order valence-electron chi connectivity index (χ1n) is 6.92. The van der Waals surface area contributed by atoms with Crippen molar-refractivity contribution in [1.82, 2.24) is 9.97 Å². The molecule has 0 radical (unpaired) electrons. The first-order valence-corrected chi connectivity index (χ1v) is 6.92. The number of methoxy groups -OCH3 is 1. The number of nitrogens with zero attached hydrogens (tertiary/aromatic N) is 3. The Morgan fingerprint density at radius 3 is 2.45 bits per heavy atom. The van der Waals surface area contributed by atoms with E-state index in [0.29, 0.717) is 0 Å². The third kappa shape index (κ3) is 3.01. The van der Waals surface area contributed by atoms with Crippen molar-refractivity contribution in [3.8, 4) is 5.75 Å². The molecular formula is C18H15N3O. The summed E-state index contributed by atoms with van der Waals surface area (Å²) < 4.78 is 5.38. The Bertz CT molecular complexity index is 729. The molecule has 0 fully saturated rings. The molecule has 0 aliphatic carbocycles. The van der Waals surface area contributed by atoms with E-state index < -0.39 is 0 Å². The zero-order chi connectivity index (χ0) is 15.2. The van der Waals surface area contributed by atoms with E-state index in [2.05, 4.69) is 9.97 Å². The highest BCUT2D eigenvalue weighted by Crippen LogP contribution is 2.28. The lowest BCUT2D eigenvalue weighted by atomic mass is 10.1. The van der Waals surface area contributed by atoms with E-state index >= 15 is 0 Å². The lowest BCUT2D eigenvalue weighted by molar-refractivity contribution is 0.416. The Kier molecular flexibility index (Phi) is 4.20. The van der Waals surface area contributed by atoms with Gasteiger partial charge < -0.3 is 4.74 Å². The van der Waals surface area contributed by atoms with Crippen LogP contribution in [-0.4, -0.2) is 22.8 Å².